The van der Waals surface area contributed by atoms with Crippen molar-refractivity contribution in [3.8, 4) is 0 Å². The summed E-state index contributed by atoms with van der Waals surface area (Å²) in [4.78, 5) is 14.0. The summed E-state index contributed by atoms with van der Waals surface area (Å²) in [5, 5.41) is 2.58. The lowest BCUT2D eigenvalue weighted by Crippen LogP contribution is -2.34. The molecule has 0 saturated carbocycles. The lowest BCUT2D eigenvalue weighted by molar-refractivity contribution is -0.123. The summed E-state index contributed by atoms with van der Waals surface area (Å²) in [6, 6.07) is 2.70. The van der Waals surface area contributed by atoms with Gasteiger partial charge in [-0.2, -0.15) is 0 Å². The van der Waals surface area contributed by atoms with Crippen molar-refractivity contribution in [3.05, 3.63) is 41.6 Å². The smallest absolute Gasteiger partial charge is 0.231 e. The highest BCUT2D eigenvalue weighted by Gasteiger charge is 2.31. The molecule has 1 unspecified atom stereocenters. The highest BCUT2D eigenvalue weighted by atomic mass is 19.1. The van der Waals surface area contributed by atoms with Crippen LogP contribution in [0.1, 0.15) is 51.0 Å². The Morgan fingerprint density at radius 2 is 1.78 bits per heavy atom. The van der Waals surface area contributed by atoms with Gasteiger partial charge in [0.1, 0.15) is 11.6 Å². The maximum Gasteiger partial charge on any atom is 0.231 e. The highest BCUT2D eigenvalue weighted by molar-refractivity contribution is 5.86. The average Bonchev–Trinajstić information content (AvgIpc) is 2.48. The molecule has 1 aromatic rings. The van der Waals surface area contributed by atoms with Gasteiger partial charge < -0.3 is 10.2 Å². The van der Waals surface area contributed by atoms with Crippen molar-refractivity contribution in [3.63, 3.8) is 0 Å². The Morgan fingerprint density at radius 1 is 1.22 bits per heavy atom. The first-order valence-corrected chi connectivity index (χ1v) is 8.20. The Labute approximate surface area is 136 Å². The van der Waals surface area contributed by atoms with Crippen molar-refractivity contribution in [1.82, 2.24) is 5.32 Å². The number of anilines is 1. The van der Waals surface area contributed by atoms with E-state index in [-0.39, 0.29) is 11.5 Å². The van der Waals surface area contributed by atoms with Crippen molar-refractivity contribution in [2.75, 3.05) is 18.0 Å². The number of piperidine rings is 1. The Kier molecular flexibility index (Phi) is 5.74. The first-order chi connectivity index (χ1) is 11.0. The number of hydrogen-bond acceptors (Lipinski definition) is 2. The monoisotopic (exact) mass is 322 g/mol. The normalized spacial score (nSPS) is 18.0. The number of rotatable bonds is 6. The standard InChI is InChI=1S/C18H24F2N2O/c1-4-8-22(9-5-2)13-10-15(19)17(16(20)11-13)14-7-6-12(3)21-18(14)23/h10-11,14H,3-9H2,1-2H3,(H,21,23). The van der Waals surface area contributed by atoms with Crippen molar-refractivity contribution in [2.24, 2.45) is 0 Å². The maximum absolute atomic E-state index is 14.5. The molecule has 1 amide bonds. The van der Waals surface area contributed by atoms with E-state index in [1.54, 1.807) is 0 Å². The van der Waals surface area contributed by atoms with Gasteiger partial charge in [0.25, 0.3) is 0 Å². The number of nitrogens with zero attached hydrogens (tertiary/aromatic N) is 1. The van der Waals surface area contributed by atoms with Gasteiger partial charge >= 0.3 is 0 Å². The maximum atomic E-state index is 14.5. The van der Waals surface area contributed by atoms with Crippen LogP contribution in [0, 0.1) is 11.6 Å². The fourth-order valence-corrected chi connectivity index (χ4v) is 3.05. The van der Waals surface area contributed by atoms with Gasteiger partial charge in [0.15, 0.2) is 0 Å². The molecule has 1 saturated heterocycles. The van der Waals surface area contributed by atoms with E-state index in [0.717, 1.165) is 25.9 Å². The van der Waals surface area contributed by atoms with E-state index in [4.69, 9.17) is 0 Å². The fourth-order valence-electron chi connectivity index (χ4n) is 3.05. The number of allylic oxidation sites excluding steroid dienone is 1. The Bertz CT molecular complexity index is 572. The van der Waals surface area contributed by atoms with E-state index in [1.165, 1.54) is 12.1 Å². The van der Waals surface area contributed by atoms with E-state index in [2.05, 4.69) is 11.9 Å². The summed E-state index contributed by atoms with van der Waals surface area (Å²) in [5.41, 5.74) is 1.00. The molecule has 126 valence electrons. The minimum absolute atomic E-state index is 0.133. The number of benzene rings is 1. The third-order valence-electron chi connectivity index (χ3n) is 4.12. The van der Waals surface area contributed by atoms with Gasteiger partial charge in [0.2, 0.25) is 5.91 Å². The molecule has 23 heavy (non-hydrogen) atoms. The van der Waals surface area contributed by atoms with Gasteiger partial charge in [-0.15, -0.1) is 0 Å². The van der Waals surface area contributed by atoms with Crippen LogP contribution in [-0.2, 0) is 4.79 Å². The molecule has 0 bridgehead atoms. The molecule has 5 heteroatoms. The van der Waals surface area contributed by atoms with Crippen LogP contribution in [0.25, 0.3) is 0 Å². The van der Waals surface area contributed by atoms with E-state index in [1.807, 2.05) is 18.7 Å². The number of hydrogen-bond donors (Lipinski definition) is 1. The molecule has 1 aromatic carbocycles. The number of carbonyl (C=O) groups excluding carboxylic acids is 1. The zero-order chi connectivity index (χ0) is 17.0. The molecule has 3 nitrogen and oxygen atoms in total. The number of carbonyl (C=O) groups is 1. The quantitative estimate of drug-likeness (QED) is 0.855. The molecule has 1 aliphatic rings. The molecule has 0 aromatic heterocycles. The third-order valence-corrected chi connectivity index (χ3v) is 4.12. The topological polar surface area (TPSA) is 32.3 Å². The van der Waals surface area contributed by atoms with Gasteiger partial charge in [0, 0.05) is 30.0 Å². The first-order valence-electron chi connectivity index (χ1n) is 8.20. The van der Waals surface area contributed by atoms with Gasteiger partial charge in [-0.3, -0.25) is 4.79 Å². The zero-order valence-corrected chi connectivity index (χ0v) is 13.8. The minimum atomic E-state index is -0.791. The Hall–Kier alpha value is -1.91. The molecule has 0 radical (unpaired) electrons. The van der Waals surface area contributed by atoms with Gasteiger partial charge in [0.05, 0.1) is 5.92 Å². The van der Waals surface area contributed by atoms with Gasteiger partial charge in [-0.05, 0) is 37.8 Å². The van der Waals surface area contributed by atoms with Gasteiger partial charge in [-0.25, -0.2) is 8.78 Å². The minimum Gasteiger partial charge on any atom is -0.371 e. The number of nitrogens with one attached hydrogen (secondary N) is 1. The highest BCUT2D eigenvalue weighted by Crippen LogP contribution is 2.33. The molecular weight excluding hydrogens is 298 g/mol. The molecule has 0 spiro atoms. The van der Waals surface area contributed by atoms with Gasteiger partial charge in [-0.1, -0.05) is 20.4 Å². The molecular formula is C18H24F2N2O. The lowest BCUT2D eigenvalue weighted by atomic mass is 9.89. The second-order valence-electron chi connectivity index (χ2n) is 5.99. The summed E-state index contributed by atoms with van der Waals surface area (Å²) in [7, 11) is 0. The molecule has 0 aliphatic carbocycles. The van der Waals surface area contributed by atoms with E-state index in [0.29, 0.717) is 24.2 Å². The van der Waals surface area contributed by atoms with Crippen LogP contribution < -0.4 is 10.2 Å². The summed E-state index contributed by atoms with van der Waals surface area (Å²) in [5.74, 6) is -2.47. The number of halogens is 2. The zero-order valence-electron chi connectivity index (χ0n) is 13.8. The van der Waals surface area contributed by atoms with Crippen LogP contribution in [0.2, 0.25) is 0 Å². The molecule has 1 atom stereocenters. The van der Waals surface area contributed by atoms with Crippen molar-refractivity contribution < 1.29 is 13.6 Å². The molecule has 1 aliphatic heterocycles. The first kappa shape index (κ1) is 17.4. The fraction of sp³-hybridized carbons (Fsp3) is 0.500. The average molecular weight is 322 g/mol. The largest absolute Gasteiger partial charge is 0.371 e. The summed E-state index contributed by atoms with van der Waals surface area (Å²) >= 11 is 0. The molecule has 2 rings (SSSR count). The van der Waals surface area contributed by atoms with Crippen LogP contribution in [-0.4, -0.2) is 19.0 Å². The van der Waals surface area contributed by atoms with E-state index >= 15 is 0 Å². The van der Waals surface area contributed by atoms with Crippen LogP contribution >= 0.6 is 0 Å². The van der Waals surface area contributed by atoms with Crippen LogP contribution in [0.4, 0.5) is 14.5 Å². The Morgan fingerprint density at radius 3 is 2.26 bits per heavy atom. The molecule has 1 fully saturated rings. The second kappa shape index (κ2) is 7.57. The predicted molar refractivity (Wildman–Crippen MR) is 88.4 cm³/mol. The summed E-state index contributed by atoms with van der Waals surface area (Å²) < 4.78 is 29.1. The lowest BCUT2D eigenvalue weighted by Gasteiger charge is -2.27. The van der Waals surface area contributed by atoms with Crippen molar-refractivity contribution >= 4 is 11.6 Å². The van der Waals surface area contributed by atoms with Crippen molar-refractivity contribution in [1.29, 1.82) is 0 Å². The second-order valence-corrected chi connectivity index (χ2v) is 5.99. The van der Waals surface area contributed by atoms with Crippen molar-refractivity contribution in [2.45, 2.75) is 45.4 Å². The third kappa shape index (κ3) is 3.89. The molecule has 1 heterocycles. The van der Waals surface area contributed by atoms with E-state index < -0.39 is 17.6 Å². The van der Waals surface area contributed by atoms with Crippen LogP contribution in [0.15, 0.2) is 24.4 Å². The number of amides is 1. The Balaban J connectivity index is 2.33. The summed E-state index contributed by atoms with van der Waals surface area (Å²) in [6.45, 7) is 9.24. The predicted octanol–water partition coefficient (Wildman–Crippen LogP) is 4.10. The van der Waals surface area contributed by atoms with Crippen LogP contribution in [0.5, 0.6) is 0 Å². The van der Waals surface area contributed by atoms with E-state index in [9.17, 15) is 13.6 Å². The van der Waals surface area contributed by atoms with Crippen LogP contribution in [0.3, 0.4) is 0 Å². The summed E-state index contributed by atoms with van der Waals surface area (Å²) in [6.07, 6.45) is 2.72. The SMILES string of the molecule is C=C1CCC(c2c(F)cc(N(CCC)CCC)cc2F)C(=O)N1. The molecule has 1 N–H and O–H groups in total.